The first-order valence-corrected chi connectivity index (χ1v) is 8.16. The monoisotopic (exact) mass is 326 g/mol. The number of hydrogen-bond donors (Lipinski definition) is 3. The number of aliphatic imine (C=N–C) groups is 1. The van der Waals surface area contributed by atoms with Gasteiger partial charge in [0.15, 0.2) is 0 Å². The summed E-state index contributed by atoms with van der Waals surface area (Å²) in [6.07, 6.45) is 5.66. The highest BCUT2D eigenvalue weighted by Crippen LogP contribution is 2.20. The van der Waals surface area contributed by atoms with Gasteiger partial charge in [-0.3, -0.25) is 4.99 Å². The second kappa shape index (κ2) is 8.00. The third-order valence-corrected chi connectivity index (χ3v) is 3.90. The second-order valence-corrected chi connectivity index (χ2v) is 6.16. The molecule has 0 aliphatic carbocycles. The predicted molar refractivity (Wildman–Crippen MR) is 99.4 cm³/mol. The number of rotatable bonds is 5. The summed E-state index contributed by atoms with van der Waals surface area (Å²) in [5.74, 6) is 0.966. The Morgan fingerprint density at radius 2 is 2.39 bits per heavy atom. The Kier molecular flexibility index (Phi) is 6.03. The lowest BCUT2D eigenvalue weighted by molar-refractivity contribution is 0.589. The molecule has 0 aromatic heterocycles. The van der Waals surface area contributed by atoms with E-state index in [0.717, 1.165) is 36.5 Å². The zero-order valence-electron chi connectivity index (χ0n) is 13.3. The van der Waals surface area contributed by atoms with Crippen molar-refractivity contribution >= 4 is 24.0 Å². The van der Waals surface area contributed by atoms with Crippen molar-refractivity contribution in [3.63, 3.8) is 0 Å². The maximum Gasteiger partial charge on any atom is 0.0991 e. The van der Waals surface area contributed by atoms with Crippen molar-refractivity contribution in [1.29, 1.82) is 5.26 Å². The average Bonchev–Trinajstić information content (AvgIpc) is 2.56. The molecule has 120 valence electrons. The Bertz CT molecular complexity index is 681. The molecule has 1 aromatic rings. The van der Waals surface area contributed by atoms with Gasteiger partial charge in [-0.15, -0.1) is 0 Å². The summed E-state index contributed by atoms with van der Waals surface area (Å²) in [6.45, 7) is 3.80. The highest BCUT2D eigenvalue weighted by atomic mass is 32.1. The quantitative estimate of drug-likeness (QED) is 0.575. The Balaban J connectivity index is 2.12. The fourth-order valence-electron chi connectivity index (χ4n) is 2.38. The van der Waals surface area contributed by atoms with E-state index in [9.17, 15) is 0 Å². The predicted octanol–water partition coefficient (Wildman–Crippen LogP) is 2.88. The highest BCUT2D eigenvalue weighted by Gasteiger charge is 2.19. The molecule has 2 rings (SSSR count). The van der Waals surface area contributed by atoms with Crippen LogP contribution in [0.25, 0.3) is 5.57 Å². The molecule has 0 bridgehead atoms. The molecule has 1 aliphatic heterocycles. The largest absolute Gasteiger partial charge is 0.374 e. The summed E-state index contributed by atoms with van der Waals surface area (Å²) >= 11 is 4.28. The SMILES string of the molecule is C[C@@](N)(/C=C/C(=C\S)c1cccc(C#N)c1)CC1=NCCCN1. The van der Waals surface area contributed by atoms with E-state index in [1.807, 2.05) is 37.3 Å². The van der Waals surface area contributed by atoms with E-state index in [-0.39, 0.29) is 0 Å². The zero-order chi connectivity index (χ0) is 16.7. The number of nitrogens with zero attached hydrogens (tertiary/aromatic N) is 2. The molecular formula is C18H22N4S. The zero-order valence-corrected chi connectivity index (χ0v) is 14.2. The molecule has 0 amide bonds. The first kappa shape index (κ1) is 17.3. The van der Waals surface area contributed by atoms with Crippen molar-refractivity contribution in [3.8, 4) is 6.07 Å². The number of nitriles is 1. The third-order valence-electron chi connectivity index (χ3n) is 3.62. The Morgan fingerprint density at radius 3 is 3.04 bits per heavy atom. The van der Waals surface area contributed by atoms with Gasteiger partial charge in [0, 0.05) is 25.0 Å². The van der Waals surface area contributed by atoms with E-state index in [0.29, 0.717) is 12.0 Å². The van der Waals surface area contributed by atoms with E-state index < -0.39 is 5.54 Å². The van der Waals surface area contributed by atoms with Gasteiger partial charge in [0.25, 0.3) is 0 Å². The molecule has 0 saturated carbocycles. The van der Waals surface area contributed by atoms with E-state index in [1.54, 1.807) is 11.5 Å². The van der Waals surface area contributed by atoms with Crippen LogP contribution in [-0.2, 0) is 0 Å². The molecule has 0 unspecified atom stereocenters. The molecule has 0 fully saturated rings. The molecule has 3 N–H and O–H groups in total. The van der Waals surface area contributed by atoms with E-state index in [2.05, 4.69) is 29.0 Å². The van der Waals surface area contributed by atoms with Crippen molar-refractivity contribution in [2.24, 2.45) is 10.7 Å². The van der Waals surface area contributed by atoms with Gasteiger partial charge in [-0.05, 0) is 42.0 Å². The topological polar surface area (TPSA) is 74.2 Å². The maximum absolute atomic E-state index is 9.01. The molecule has 1 atom stereocenters. The van der Waals surface area contributed by atoms with E-state index in [1.165, 1.54) is 0 Å². The van der Waals surface area contributed by atoms with Crippen molar-refractivity contribution in [3.05, 3.63) is 53.0 Å². The molecule has 0 saturated heterocycles. The number of amidine groups is 1. The molecule has 1 aliphatic rings. The number of thiol groups is 1. The van der Waals surface area contributed by atoms with Gasteiger partial charge in [-0.25, -0.2) is 0 Å². The van der Waals surface area contributed by atoms with Gasteiger partial charge in [0.05, 0.1) is 17.5 Å². The lowest BCUT2D eigenvalue weighted by Crippen LogP contribution is -2.42. The van der Waals surface area contributed by atoms with Crippen molar-refractivity contribution in [1.82, 2.24) is 5.32 Å². The minimum absolute atomic E-state index is 0.502. The van der Waals surface area contributed by atoms with Crippen LogP contribution in [0.3, 0.4) is 0 Å². The van der Waals surface area contributed by atoms with E-state index >= 15 is 0 Å². The summed E-state index contributed by atoms with van der Waals surface area (Å²) in [5.41, 5.74) is 8.36. The molecule has 4 nitrogen and oxygen atoms in total. The lowest BCUT2D eigenvalue weighted by atomic mass is 9.95. The Morgan fingerprint density at radius 1 is 1.57 bits per heavy atom. The summed E-state index contributed by atoms with van der Waals surface area (Å²) in [6, 6.07) is 9.58. The maximum atomic E-state index is 9.01. The van der Waals surface area contributed by atoms with Crippen LogP contribution >= 0.6 is 12.6 Å². The lowest BCUT2D eigenvalue weighted by Gasteiger charge is -2.24. The first-order valence-electron chi connectivity index (χ1n) is 7.64. The van der Waals surface area contributed by atoms with Crippen molar-refractivity contribution in [2.75, 3.05) is 13.1 Å². The van der Waals surface area contributed by atoms with Gasteiger partial charge in [0.1, 0.15) is 0 Å². The molecule has 5 heteroatoms. The summed E-state index contributed by atoms with van der Waals surface area (Å²) in [4.78, 5) is 4.47. The minimum atomic E-state index is -0.502. The van der Waals surface area contributed by atoms with Crippen LogP contribution in [0.4, 0.5) is 0 Å². The van der Waals surface area contributed by atoms with E-state index in [4.69, 9.17) is 11.0 Å². The van der Waals surface area contributed by atoms with Crippen LogP contribution in [0.5, 0.6) is 0 Å². The van der Waals surface area contributed by atoms with Gasteiger partial charge in [-0.2, -0.15) is 17.9 Å². The Labute approximate surface area is 143 Å². The first-order chi connectivity index (χ1) is 11.0. The van der Waals surface area contributed by atoms with Crippen LogP contribution in [0, 0.1) is 11.3 Å². The number of benzene rings is 1. The number of hydrogen-bond acceptors (Lipinski definition) is 5. The van der Waals surface area contributed by atoms with Crippen LogP contribution in [-0.4, -0.2) is 24.5 Å². The van der Waals surface area contributed by atoms with Crippen LogP contribution in [0.2, 0.25) is 0 Å². The molecular weight excluding hydrogens is 304 g/mol. The Hall–Kier alpha value is -2.03. The summed E-state index contributed by atoms with van der Waals surface area (Å²) < 4.78 is 0. The average molecular weight is 326 g/mol. The number of allylic oxidation sites excluding steroid dienone is 2. The second-order valence-electron chi connectivity index (χ2n) is 5.90. The van der Waals surface area contributed by atoms with Crippen LogP contribution < -0.4 is 11.1 Å². The normalized spacial score (nSPS) is 18.0. The van der Waals surface area contributed by atoms with Gasteiger partial charge in [-0.1, -0.05) is 24.3 Å². The van der Waals surface area contributed by atoms with Crippen LogP contribution in [0.1, 0.15) is 30.9 Å². The number of nitrogens with two attached hydrogens (primary N) is 1. The molecule has 23 heavy (non-hydrogen) atoms. The fraction of sp³-hybridized carbons (Fsp3) is 0.333. The smallest absolute Gasteiger partial charge is 0.0991 e. The summed E-state index contributed by atoms with van der Waals surface area (Å²) in [5, 5.41) is 14.0. The minimum Gasteiger partial charge on any atom is -0.374 e. The number of nitrogens with one attached hydrogen (secondary N) is 1. The standard InChI is InChI=1S/C18H22N4S/c1-18(20,11-17-21-8-3-9-22-17)7-6-16(13-23)15-5-2-4-14(10-15)12-19/h2,4-7,10,13,23H,3,8-9,11,20H2,1H3,(H,21,22)/b7-6+,16-13+/t18-/m1/s1. The summed E-state index contributed by atoms with van der Waals surface area (Å²) in [7, 11) is 0. The molecule has 1 heterocycles. The molecule has 0 spiro atoms. The molecule has 1 aromatic carbocycles. The van der Waals surface area contributed by atoms with Crippen LogP contribution in [0.15, 0.2) is 46.8 Å². The van der Waals surface area contributed by atoms with Crippen molar-refractivity contribution < 1.29 is 0 Å². The highest BCUT2D eigenvalue weighted by molar-refractivity contribution is 7.83. The third kappa shape index (κ3) is 5.27. The van der Waals surface area contributed by atoms with Gasteiger partial charge >= 0.3 is 0 Å². The van der Waals surface area contributed by atoms with Gasteiger partial charge in [0.2, 0.25) is 0 Å². The molecule has 0 radical (unpaired) electrons. The fourth-order valence-corrected chi connectivity index (χ4v) is 2.62. The van der Waals surface area contributed by atoms with Crippen molar-refractivity contribution in [2.45, 2.75) is 25.3 Å². The van der Waals surface area contributed by atoms with Gasteiger partial charge < -0.3 is 11.1 Å².